The quantitative estimate of drug-likeness (QED) is 0.937. The minimum atomic E-state index is -1.08. The topological polar surface area (TPSA) is 80.9 Å². The first-order valence-electron chi connectivity index (χ1n) is 6.27. The Balaban J connectivity index is 2.62. The van der Waals surface area contributed by atoms with Gasteiger partial charge in [-0.1, -0.05) is 24.9 Å². The maximum atomic E-state index is 11.3. The third-order valence-electron chi connectivity index (χ3n) is 2.77. The highest BCUT2D eigenvalue weighted by Crippen LogP contribution is 2.24. The second-order valence-corrected chi connectivity index (χ2v) is 4.85. The molecule has 2 rings (SSSR count). The van der Waals surface area contributed by atoms with Crippen LogP contribution in [0, 0.1) is 13.8 Å². The van der Waals surface area contributed by atoms with Crippen molar-refractivity contribution in [2.45, 2.75) is 33.6 Å². The molecule has 2 heterocycles. The summed E-state index contributed by atoms with van der Waals surface area (Å²) >= 11 is 6.16. The van der Waals surface area contributed by atoms with E-state index >= 15 is 0 Å². The molecule has 1 N–H and O–H groups in total. The van der Waals surface area contributed by atoms with Crippen LogP contribution in [0.4, 0.5) is 0 Å². The molecule has 0 aliphatic carbocycles. The van der Waals surface area contributed by atoms with Gasteiger partial charge in [-0.3, -0.25) is 0 Å². The number of aromatic carboxylic acids is 1. The molecule has 0 amide bonds. The van der Waals surface area contributed by atoms with Gasteiger partial charge in [0.15, 0.2) is 5.82 Å². The molecule has 0 bridgehead atoms. The molecule has 20 heavy (non-hydrogen) atoms. The number of aryl methyl sites for hydroxylation is 3. The Bertz CT molecular complexity index is 646. The first-order chi connectivity index (χ1) is 9.43. The molecule has 0 aromatic carbocycles. The van der Waals surface area contributed by atoms with Crippen molar-refractivity contribution in [3.8, 4) is 5.82 Å². The van der Waals surface area contributed by atoms with Crippen LogP contribution in [0.25, 0.3) is 5.82 Å². The molecule has 2 aromatic heterocycles. The van der Waals surface area contributed by atoms with Crippen molar-refractivity contribution in [2.75, 3.05) is 0 Å². The molecule has 0 saturated carbocycles. The lowest BCUT2D eigenvalue weighted by atomic mass is 10.2. The molecule has 6 nitrogen and oxygen atoms in total. The summed E-state index contributed by atoms with van der Waals surface area (Å²) in [5, 5.41) is 13.6. The number of rotatable bonds is 4. The van der Waals surface area contributed by atoms with Crippen LogP contribution >= 0.6 is 11.6 Å². The van der Waals surface area contributed by atoms with E-state index in [-0.39, 0.29) is 10.7 Å². The van der Waals surface area contributed by atoms with Crippen LogP contribution < -0.4 is 0 Å². The molecule has 106 valence electrons. The van der Waals surface area contributed by atoms with Gasteiger partial charge >= 0.3 is 5.97 Å². The van der Waals surface area contributed by atoms with Crippen LogP contribution in [-0.4, -0.2) is 30.8 Å². The van der Waals surface area contributed by atoms with E-state index < -0.39 is 5.97 Å². The van der Waals surface area contributed by atoms with Gasteiger partial charge in [0.1, 0.15) is 16.5 Å². The van der Waals surface area contributed by atoms with Gasteiger partial charge in [-0.2, -0.15) is 5.10 Å². The number of halogens is 1. The van der Waals surface area contributed by atoms with Gasteiger partial charge in [0.05, 0.1) is 5.69 Å². The Hall–Kier alpha value is -1.95. The second-order valence-electron chi connectivity index (χ2n) is 4.49. The maximum Gasteiger partial charge on any atom is 0.340 e. The summed E-state index contributed by atoms with van der Waals surface area (Å²) < 4.78 is 1.36. The van der Waals surface area contributed by atoms with Crippen LogP contribution in [0.5, 0.6) is 0 Å². The van der Waals surface area contributed by atoms with Gasteiger partial charge in [0, 0.05) is 11.8 Å². The molecule has 0 fully saturated rings. The third-order valence-corrected chi connectivity index (χ3v) is 3.12. The molecular weight excluding hydrogens is 280 g/mol. The molecule has 0 atom stereocenters. The van der Waals surface area contributed by atoms with E-state index in [2.05, 4.69) is 15.1 Å². The van der Waals surface area contributed by atoms with Crippen molar-refractivity contribution in [1.29, 1.82) is 0 Å². The van der Waals surface area contributed by atoms with Gasteiger partial charge in [-0.25, -0.2) is 19.4 Å². The van der Waals surface area contributed by atoms with Crippen molar-refractivity contribution in [3.63, 3.8) is 0 Å². The number of aromatic nitrogens is 4. The molecule has 0 aliphatic heterocycles. The molecule has 0 radical (unpaired) electrons. The standard InChI is InChI=1S/C13H15ClN4O2/c1-4-5-9-11(13(19)20)12(14)18(17-9)10-6-7(2)15-8(3)16-10/h6H,4-5H2,1-3H3,(H,19,20). The van der Waals surface area contributed by atoms with Gasteiger partial charge in [0.25, 0.3) is 0 Å². The van der Waals surface area contributed by atoms with Crippen molar-refractivity contribution >= 4 is 17.6 Å². The highest BCUT2D eigenvalue weighted by atomic mass is 35.5. The van der Waals surface area contributed by atoms with Crippen LogP contribution in [-0.2, 0) is 6.42 Å². The lowest BCUT2D eigenvalue weighted by Gasteiger charge is -2.04. The normalized spacial score (nSPS) is 10.8. The van der Waals surface area contributed by atoms with E-state index in [4.69, 9.17) is 11.6 Å². The van der Waals surface area contributed by atoms with Crippen molar-refractivity contribution in [1.82, 2.24) is 19.7 Å². The minimum Gasteiger partial charge on any atom is -0.478 e. The predicted molar refractivity (Wildman–Crippen MR) is 74.6 cm³/mol. The van der Waals surface area contributed by atoms with Gasteiger partial charge in [-0.05, 0) is 20.3 Å². The summed E-state index contributed by atoms with van der Waals surface area (Å²) in [6.07, 6.45) is 1.34. The average molecular weight is 295 g/mol. The van der Waals surface area contributed by atoms with Gasteiger partial charge in [-0.15, -0.1) is 0 Å². The average Bonchev–Trinajstić information content (AvgIpc) is 2.65. The zero-order valence-corrected chi connectivity index (χ0v) is 12.3. The molecule has 0 unspecified atom stereocenters. The number of carboxylic acids is 1. The second kappa shape index (κ2) is 5.58. The number of carboxylic acid groups (broad SMARTS) is 1. The first kappa shape index (κ1) is 14.5. The summed E-state index contributed by atoms with van der Waals surface area (Å²) in [5.41, 5.74) is 1.29. The summed E-state index contributed by atoms with van der Waals surface area (Å²) in [5.74, 6) is -0.0162. The Labute approximate surface area is 121 Å². The molecule has 7 heteroatoms. The van der Waals surface area contributed by atoms with Crippen molar-refractivity contribution < 1.29 is 9.90 Å². The molecule has 0 saturated heterocycles. The monoisotopic (exact) mass is 294 g/mol. The zero-order chi connectivity index (χ0) is 14.9. The smallest absolute Gasteiger partial charge is 0.340 e. The van der Waals surface area contributed by atoms with Crippen molar-refractivity contribution in [2.24, 2.45) is 0 Å². The van der Waals surface area contributed by atoms with E-state index in [1.54, 1.807) is 13.0 Å². The van der Waals surface area contributed by atoms with Crippen LogP contribution in [0.2, 0.25) is 5.15 Å². The number of hydrogen-bond acceptors (Lipinski definition) is 4. The van der Waals surface area contributed by atoms with Crippen LogP contribution in [0.1, 0.15) is 40.9 Å². The Morgan fingerprint density at radius 3 is 2.65 bits per heavy atom. The first-order valence-corrected chi connectivity index (χ1v) is 6.65. The Morgan fingerprint density at radius 2 is 2.10 bits per heavy atom. The highest BCUT2D eigenvalue weighted by molar-refractivity contribution is 6.32. The van der Waals surface area contributed by atoms with E-state index in [9.17, 15) is 9.90 Å². The van der Waals surface area contributed by atoms with Crippen LogP contribution in [0.15, 0.2) is 6.07 Å². The fourth-order valence-electron chi connectivity index (χ4n) is 2.02. The largest absolute Gasteiger partial charge is 0.478 e. The Kier molecular flexibility index (Phi) is 4.04. The summed E-state index contributed by atoms with van der Waals surface area (Å²) in [4.78, 5) is 19.8. The molecule has 2 aromatic rings. The number of nitrogens with zero attached hydrogens (tertiary/aromatic N) is 4. The van der Waals surface area contributed by atoms with Crippen LogP contribution in [0.3, 0.4) is 0 Å². The number of carbonyl (C=O) groups is 1. The van der Waals surface area contributed by atoms with E-state index in [1.807, 2.05) is 13.8 Å². The lowest BCUT2D eigenvalue weighted by Crippen LogP contribution is -2.04. The summed E-state index contributed by atoms with van der Waals surface area (Å²) in [7, 11) is 0. The number of hydrogen-bond donors (Lipinski definition) is 1. The SMILES string of the molecule is CCCc1nn(-c2cc(C)nc(C)n2)c(Cl)c1C(=O)O. The molecule has 0 aliphatic rings. The van der Waals surface area contributed by atoms with E-state index in [0.29, 0.717) is 23.8 Å². The fraction of sp³-hybridized carbons (Fsp3) is 0.385. The van der Waals surface area contributed by atoms with Gasteiger partial charge < -0.3 is 5.11 Å². The van der Waals surface area contributed by atoms with Gasteiger partial charge in [0.2, 0.25) is 0 Å². The molecular formula is C13H15ClN4O2. The lowest BCUT2D eigenvalue weighted by molar-refractivity contribution is 0.0696. The fourth-order valence-corrected chi connectivity index (χ4v) is 2.34. The third kappa shape index (κ3) is 2.65. The predicted octanol–water partition coefficient (Wildman–Crippen LogP) is 2.58. The zero-order valence-electron chi connectivity index (χ0n) is 11.5. The van der Waals surface area contributed by atoms with E-state index in [0.717, 1.165) is 12.1 Å². The van der Waals surface area contributed by atoms with Crippen molar-refractivity contribution in [3.05, 3.63) is 34.0 Å². The Morgan fingerprint density at radius 1 is 1.40 bits per heavy atom. The molecule has 0 spiro atoms. The van der Waals surface area contributed by atoms with E-state index in [1.165, 1.54) is 4.68 Å². The highest BCUT2D eigenvalue weighted by Gasteiger charge is 2.23. The minimum absolute atomic E-state index is 0.0439. The summed E-state index contributed by atoms with van der Waals surface area (Å²) in [6, 6.07) is 1.72. The summed E-state index contributed by atoms with van der Waals surface area (Å²) in [6.45, 7) is 5.55. The maximum absolute atomic E-state index is 11.3.